The molecule has 3 nitrogen and oxygen atoms in total. The SMILES string of the molecule is CCNC(CCCC1CCCO1)c1cscn1. The number of hydrogen-bond acceptors (Lipinski definition) is 4. The largest absolute Gasteiger partial charge is 0.378 e. The Labute approximate surface area is 108 Å². The highest BCUT2D eigenvalue weighted by Crippen LogP contribution is 2.23. The number of rotatable bonds is 7. The van der Waals surface area contributed by atoms with Crippen molar-refractivity contribution in [2.45, 2.75) is 51.2 Å². The second-order valence-corrected chi connectivity index (χ2v) is 5.31. The van der Waals surface area contributed by atoms with Gasteiger partial charge in [0.25, 0.3) is 0 Å². The van der Waals surface area contributed by atoms with Gasteiger partial charge in [-0.1, -0.05) is 6.92 Å². The molecule has 0 saturated carbocycles. The molecule has 2 heterocycles. The lowest BCUT2D eigenvalue weighted by Crippen LogP contribution is -2.21. The predicted octanol–water partition coefficient (Wildman–Crippen LogP) is 3.14. The molecule has 1 fully saturated rings. The molecule has 1 aliphatic heterocycles. The van der Waals surface area contributed by atoms with Crippen molar-refractivity contribution in [2.24, 2.45) is 0 Å². The van der Waals surface area contributed by atoms with Gasteiger partial charge in [0.1, 0.15) is 0 Å². The summed E-state index contributed by atoms with van der Waals surface area (Å²) in [6.07, 6.45) is 6.60. The Morgan fingerprint density at radius 3 is 3.24 bits per heavy atom. The molecule has 1 aromatic heterocycles. The molecule has 0 aliphatic carbocycles. The van der Waals surface area contributed by atoms with E-state index >= 15 is 0 Å². The van der Waals surface area contributed by atoms with Crippen LogP contribution < -0.4 is 5.32 Å². The van der Waals surface area contributed by atoms with Gasteiger partial charge in [-0.25, -0.2) is 4.98 Å². The van der Waals surface area contributed by atoms with E-state index in [0.29, 0.717) is 12.1 Å². The van der Waals surface area contributed by atoms with Crippen LogP contribution in [0.4, 0.5) is 0 Å². The standard InChI is InChI=1S/C13H22N2OS/c1-2-14-12(13-9-17-10-15-13)7-3-5-11-6-4-8-16-11/h9-12,14H,2-8H2,1H3. The van der Waals surface area contributed by atoms with Crippen molar-refractivity contribution < 1.29 is 4.74 Å². The van der Waals surface area contributed by atoms with E-state index in [1.165, 1.54) is 31.4 Å². The van der Waals surface area contributed by atoms with E-state index in [0.717, 1.165) is 19.6 Å². The van der Waals surface area contributed by atoms with E-state index in [4.69, 9.17) is 4.74 Å². The average molecular weight is 254 g/mol. The molecule has 1 aliphatic rings. The summed E-state index contributed by atoms with van der Waals surface area (Å²) in [5.41, 5.74) is 3.11. The fraction of sp³-hybridized carbons (Fsp3) is 0.769. The van der Waals surface area contributed by atoms with Crippen LogP contribution in [0.5, 0.6) is 0 Å². The Hall–Kier alpha value is -0.450. The van der Waals surface area contributed by atoms with Gasteiger partial charge < -0.3 is 10.1 Å². The maximum atomic E-state index is 5.65. The molecule has 96 valence electrons. The van der Waals surface area contributed by atoms with Crippen molar-refractivity contribution in [1.29, 1.82) is 0 Å². The Morgan fingerprint density at radius 2 is 2.59 bits per heavy atom. The van der Waals surface area contributed by atoms with Gasteiger partial charge in [-0.2, -0.15) is 0 Å². The van der Waals surface area contributed by atoms with Crippen molar-refractivity contribution in [3.05, 3.63) is 16.6 Å². The molecule has 0 aromatic carbocycles. The Bertz CT molecular complexity index is 296. The first-order valence-corrected chi connectivity index (χ1v) is 7.57. The molecule has 1 aromatic rings. The second-order valence-electron chi connectivity index (χ2n) is 4.59. The van der Waals surface area contributed by atoms with Crippen LogP contribution in [0.15, 0.2) is 10.9 Å². The van der Waals surface area contributed by atoms with E-state index in [1.807, 2.05) is 5.51 Å². The molecule has 2 unspecified atom stereocenters. The maximum absolute atomic E-state index is 5.65. The third-order valence-corrected chi connectivity index (χ3v) is 3.91. The van der Waals surface area contributed by atoms with Crippen LogP contribution in [0.3, 0.4) is 0 Å². The molecule has 1 saturated heterocycles. The summed E-state index contributed by atoms with van der Waals surface area (Å²) in [6.45, 7) is 4.12. The zero-order chi connectivity index (χ0) is 11.9. The second kappa shape index (κ2) is 7.09. The summed E-state index contributed by atoms with van der Waals surface area (Å²) in [5, 5.41) is 5.67. The van der Waals surface area contributed by atoms with Crippen molar-refractivity contribution in [1.82, 2.24) is 10.3 Å². The van der Waals surface area contributed by atoms with Crippen LogP contribution in [0.2, 0.25) is 0 Å². The number of thiazole rings is 1. The van der Waals surface area contributed by atoms with Gasteiger partial charge in [-0.15, -0.1) is 11.3 Å². The van der Waals surface area contributed by atoms with Crippen LogP contribution in [0.1, 0.15) is 50.8 Å². The highest BCUT2D eigenvalue weighted by atomic mass is 32.1. The number of nitrogens with zero attached hydrogens (tertiary/aromatic N) is 1. The van der Waals surface area contributed by atoms with Gasteiger partial charge in [-0.05, 0) is 38.6 Å². The van der Waals surface area contributed by atoms with Gasteiger partial charge in [0, 0.05) is 12.0 Å². The van der Waals surface area contributed by atoms with Crippen LogP contribution in [0.25, 0.3) is 0 Å². The molecule has 0 radical (unpaired) electrons. The van der Waals surface area contributed by atoms with E-state index in [9.17, 15) is 0 Å². The summed E-state index contributed by atoms with van der Waals surface area (Å²) < 4.78 is 5.65. The van der Waals surface area contributed by atoms with Crippen molar-refractivity contribution in [3.8, 4) is 0 Å². The fourth-order valence-electron chi connectivity index (χ4n) is 2.42. The monoisotopic (exact) mass is 254 g/mol. The smallest absolute Gasteiger partial charge is 0.0795 e. The third kappa shape index (κ3) is 4.05. The molecule has 4 heteroatoms. The molecule has 2 atom stereocenters. The predicted molar refractivity (Wildman–Crippen MR) is 71.4 cm³/mol. The first-order valence-electron chi connectivity index (χ1n) is 6.63. The molecular weight excluding hydrogens is 232 g/mol. The van der Waals surface area contributed by atoms with Crippen molar-refractivity contribution >= 4 is 11.3 Å². The highest BCUT2D eigenvalue weighted by Gasteiger charge is 2.17. The Morgan fingerprint density at radius 1 is 1.65 bits per heavy atom. The maximum Gasteiger partial charge on any atom is 0.0795 e. The van der Waals surface area contributed by atoms with Crippen LogP contribution in [-0.4, -0.2) is 24.2 Å². The molecule has 2 rings (SSSR count). The zero-order valence-electron chi connectivity index (χ0n) is 10.5. The molecule has 0 amide bonds. The Kier molecular flexibility index (Phi) is 5.42. The van der Waals surface area contributed by atoms with Crippen molar-refractivity contribution in [3.63, 3.8) is 0 Å². The zero-order valence-corrected chi connectivity index (χ0v) is 11.3. The van der Waals surface area contributed by atoms with E-state index in [1.54, 1.807) is 11.3 Å². The van der Waals surface area contributed by atoms with Gasteiger partial charge in [0.05, 0.1) is 23.4 Å². The van der Waals surface area contributed by atoms with Crippen LogP contribution in [0, 0.1) is 0 Å². The molecule has 1 N–H and O–H groups in total. The number of hydrogen-bond donors (Lipinski definition) is 1. The summed E-state index contributed by atoms with van der Waals surface area (Å²) >= 11 is 1.68. The molecular formula is C13H22N2OS. The third-order valence-electron chi connectivity index (χ3n) is 3.30. The van der Waals surface area contributed by atoms with Crippen LogP contribution >= 0.6 is 11.3 Å². The summed E-state index contributed by atoms with van der Waals surface area (Å²) in [7, 11) is 0. The number of nitrogens with one attached hydrogen (secondary N) is 1. The lowest BCUT2D eigenvalue weighted by atomic mass is 10.0. The number of aromatic nitrogens is 1. The molecule has 0 spiro atoms. The lowest BCUT2D eigenvalue weighted by Gasteiger charge is -2.16. The van der Waals surface area contributed by atoms with Gasteiger partial charge in [0.15, 0.2) is 0 Å². The van der Waals surface area contributed by atoms with Gasteiger partial charge >= 0.3 is 0 Å². The van der Waals surface area contributed by atoms with Gasteiger partial charge in [-0.3, -0.25) is 0 Å². The minimum atomic E-state index is 0.424. The minimum absolute atomic E-state index is 0.424. The van der Waals surface area contributed by atoms with Gasteiger partial charge in [0.2, 0.25) is 0 Å². The first-order chi connectivity index (χ1) is 8.40. The topological polar surface area (TPSA) is 34.1 Å². The highest BCUT2D eigenvalue weighted by molar-refractivity contribution is 7.07. The molecule has 0 bridgehead atoms. The van der Waals surface area contributed by atoms with Crippen LogP contribution in [-0.2, 0) is 4.74 Å². The van der Waals surface area contributed by atoms with E-state index < -0.39 is 0 Å². The summed E-state index contributed by atoms with van der Waals surface area (Å²) in [5.74, 6) is 0. The normalized spacial score (nSPS) is 21.8. The van der Waals surface area contributed by atoms with E-state index in [-0.39, 0.29) is 0 Å². The first kappa shape index (κ1) is 13.0. The molecule has 17 heavy (non-hydrogen) atoms. The summed E-state index contributed by atoms with van der Waals surface area (Å²) in [4.78, 5) is 4.41. The van der Waals surface area contributed by atoms with E-state index in [2.05, 4.69) is 22.6 Å². The fourth-order valence-corrected chi connectivity index (χ4v) is 3.02. The minimum Gasteiger partial charge on any atom is -0.378 e. The lowest BCUT2D eigenvalue weighted by molar-refractivity contribution is 0.101. The Balaban J connectivity index is 1.73. The number of ether oxygens (including phenoxy) is 1. The average Bonchev–Trinajstić information content (AvgIpc) is 3.01. The quantitative estimate of drug-likeness (QED) is 0.811. The van der Waals surface area contributed by atoms with Crippen molar-refractivity contribution in [2.75, 3.05) is 13.2 Å². The summed E-state index contributed by atoms with van der Waals surface area (Å²) in [6, 6.07) is 0.424.